The van der Waals surface area contributed by atoms with Gasteiger partial charge in [-0.15, -0.1) is 0 Å². The number of hydrogen-bond acceptors (Lipinski definition) is 0. The predicted molar refractivity (Wildman–Crippen MR) is 64.5 cm³/mol. The van der Waals surface area contributed by atoms with E-state index < -0.39 is 0 Å². The van der Waals surface area contributed by atoms with Crippen molar-refractivity contribution in [3.63, 3.8) is 0 Å². The van der Waals surface area contributed by atoms with Gasteiger partial charge in [0, 0.05) is 18.4 Å². The van der Waals surface area contributed by atoms with E-state index in [0.29, 0.717) is 0 Å². The lowest BCUT2D eigenvalue weighted by Crippen LogP contribution is -1.84. The van der Waals surface area contributed by atoms with Crippen LogP contribution in [0, 0.1) is 3.57 Å². The van der Waals surface area contributed by atoms with Crippen molar-refractivity contribution in [2.75, 3.05) is 0 Å². The normalized spacial score (nSPS) is 10.2. The first kappa shape index (κ1) is 10.3. The average Bonchev–Trinajstić information content (AvgIpc) is 1.96. The summed E-state index contributed by atoms with van der Waals surface area (Å²) in [6.07, 6.45) is 0. The molecule has 0 saturated heterocycles. The Labute approximate surface area is 101 Å². The molecule has 0 aliphatic carbocycles. The Morgan fingerprint density at radius 3 is 2.64 bits per heavy atom. The lowest BCUT2D eigenvalue weighted by atomic mass is 10.2. The fourth-order valence-electron chi connectivity index (χ4n) is 0.707. The molecule has 1 aromatic carbocycles. The smallest absolute Gasteiger partial charge is 0.0420 e. The maximum atomic E-state index is 5.85. The Bertz CT molecular complexity index is 275. The Hall–Kier alpha value is 1.20. The summed E-state index contributed by atoms with van der Waals surface area (Å²) in [6.45, 7) is 0. The fraction of sp³-hybridized carbons (Fsp3) is 0.143. The van der Waals surface area contributed by atoms with Crippen LogP contribution in [-0.2, 0) is 5.33 Å². The van der Waals surface area contributed by atoms with Crippen molar-refractivity contribution in [1.29, 1.82) is 0 Å². The molecule has 0 nitrogen and oxygen atoms in total. The van der Waals surface area contributed by atoms with E-state index in [4.69, 9.17) is 11.6 Å². The summed E-state index contributed by atoms with van der Waals surface area (Å²) >= 11 is 15.0. The molecule has 0 saturated carbocycles. The van der Waals surface area contributed by atoms with Gasteiger partial charge in [-0.05, 0) is 56.2 Å². The average molecular weight is 410 g/mol. The third-order valence-corrected chi connectivity index (χ3v) is 4.56. The van der Waals surface area contributed by atoms with Crippen LogP contribution in [-0.4, -0.2) is 0 Å². The largest absolute Gasteiger partial charge is 0.0876 e. The molecule has 0 bridgehead atoms. The van der Waals surface area contributed by atoms with Gasteiger partial charge in [0.05, 0.1) is 0 Å². The van der Waals surface area contributed by atoms with Crippen molar-refractivity contribution in [2.24, 2.45) is 0 Å². The van der Waals surface area contributed by atoms with Crippen LogP contribution in [0.4, 0.5) is 0 Å². The van der Waals surface area contributed by atoms with Crippen molar-refractivity contribution in [1.82, 2.24) is 0 Å². The molecule has 0 aliphatic heterocycles. The van der Waals surface area contributed by atoms with Gasteiger partial charge in [0.2, 0.25) is 0 Å². The van der Waals surface area contributed by atoms with Crippen molar-refractivity contribution in [2.45, 2.75) is 5.33 Å². The predicted octanol–water partition coefficient (Wildman–Crippen LogP) is 4.60. The highest BCUT2D eigenvalue weighted by Crippen LogP contribution is 2.28. The van der Waals surface area contributed by atoms with Gasteiger partial charge in [-0.2, -0.15) is 0 Å². The lowest BCUT2D eigenvalue weighted by Gasteiger charge is -2.02. The molecule has 0 unspecified atom stereocenters. The van der Waals surface area contributed by atoms with Crippen molar-refractivity contribution in [3.05, 3.63) is 30.8 Å². The fourth-order valence-corrected chi connectivity index (χ4v) is 3.00. The Kier molecular flexibility index (Phi) is 4.15. The minimum Gasteiger partial charge on any atom is -0.0876 e. The second-order valence-electron chi connectivity index (χ2n) is 1.99. The molecule has 1 aromatic rings. The van der Waals surface area contributed by atoms with E-state index in [9.17, 15) is 0 Å². The van der Waals surface area contributed by atoms with Gasteiger partial charge in [-0.3, -0.25) is 0 Å². The van der Waals surface area contributed by atoms with E-state index in [1.54, 1.807) is 0 Å². The highest BCUT2D eigenvalue weighted by atomic mass is 127. The first-order valence-electron chi connectivity index (χ1n) is 2.84. The summed E-state index contributed by atoms with van der Waals surface area (Å²) in [4.78, 5) is 0. The zero-order chi connectivity index (χ0) is 8.43. The maximum Gasteiger partial charge on any atom is 0.0420 e. The second-order valence-corrected chi connectivity index (χ2v) is 4.95. The summed E-state index contributed by atoms with van der Waals surface area (Å²) in [7, 11) is 0. The monoisotopic (exact) mass is 408 g/mol. The summed E-state index contributed by atoms with van der Waals surface area (Å²) in [6, 6.07) is 3.88. The Morgan fingerprint density at radius 1 is 1.45 bits per heavy atom. The molecule has 60 valence electrons. The van der Waals surface area contributed by atoms with E-state index in [2.05, 4.69) is 54.5 Å². The minimum atomic E-state index is 0.784. The van der Waals surface area contributed by atoms with E-state index in [0.717, 1.165) is 18.4 Å². The molecule has 0 amide bonds. The lowest BCUT2D eigenvalue weighted by molar-refractivity contribution is 1.38. The molecular formula is C7H4Br2ClI. The molecule has 0 aliphatic rings. The van der Waals surface area contributed by atoms with Crippen LogP contribution in [0.5, 0.6) is 0 Å². The number of rotatable bonds is 1. The standard InChI is InChI=1S/C7H4Br2ClI/c8-3-4-1-5(10)2-6(11)7(4)9/h1-2H,3H2. The first-order chi connectivity index (χ1) is 5.15. The van der Waals surface area contributed by atoms with Crippen molar-refractivity contribution in [3.8, 4) is 0 Å². The van der Waals surface area contributed by atoms with Crippen LogP contribution in [0.3, 0.4) is 0 Å². The van der Waals surface area contributed by atoms with Crippen LogP contribution in [0.15, 0.2) is 16.6 Å². The van der Waals surface area contributed by atoms with Crippen LogP contribution in [0.25, 0.3) is 0 Å². The molecule has 0 N–H and O–H groups in total. The van der Waals surface area contributed by atoms with E-state index in [1.165, 1.54) is 5.56 Å². The summed E-state index contributed by atoms with van der Waals surface area (Å²) in [5.74, 6) is 0. The van der Waals surface area contributed by atoms with E-state index in [-0.39, 0.29) is 0 Å². The van der Waals surface area contributed by atoms with Crippen LogP contribution < -0.4 is 0 Å². The van der Waals surface area contributed by atoms with Gasteiger partial charge in [-0.25, -0.2) is 0 Å². The molecule has 0 atom stereocenters. The summed E-state index contributed by atoms with van der Waals surface area (Å²) in [5, 5.41) is 1.61. The Balaban J connectivity index is 3.24. The number of halogens is 4. The topological polar surface area (TPSA) is 0 Å². The van der Waals surface area contributed by atoms with E-state index in [1.807, 2.05) is 12.1 Å². The molecule has 4 heteroatoms. The van der Waals surface area contributed by atoms with Gasteiger partial charge in [0.15, 0.2) is 0 Å². The molecule has 0 heterocycles. The van der Waals surface area contributed by atoms with Crippen LogP contribution >= 0.6 is 66.1 Å². The highest BCUT2D eigenvalue weighted by molar-refractivity contribution is 14.1. The second kappa shape index (κ2) is 4.44. The van der Waals surface area contributed by atoms with E-state index >= 15 is 0 Å². The number of hydrogen-bond donors (Lipinski definition) is 0. The van der Waals surface area contributed by atoms with Gasteiger partial charge in [0.25, 0.3) is 0 Å². The molecule has 0 fully saturated rings. The highest BCUT2D eigenvalue weighted by Gasteiger charge is 2.03. The molecular weight excluding hydrogens is 406 g/mol. The molecule has 0 aromatic heterocycles. The molecule has 11 heavy (non-hydrogen) atoms. The van der Waals surface area contributed by atoms with Crippen molar-refractivity contribution >= 4 is 66.1 Å². The first-order valence-corrected chi connectivity index (χ1v) is 6.21. The molecule has 0 radical (unpaired) electrons. The van der Waals surface area contributed by atoms with Gasteiger partial charge < -0.3 is 0 Å². The minimum absolute atomic E-state index is 0.784. The Morgan fingerprint density at radius 2 is 2.09 bits per heavy atom. The SMILES string of the molecule is Clc1cc(I)c(Br)c(CBr)c1. The summed E-state index contributed by atoms with van der Waals surface area (Å²) in [5.41, 5.74) is 1.18. The van der Waals surface area contributed by atoms with Crippen molar-refractivity contribution < 1.29 is 0 Å². The zero-order valence-electron chi connectivity index (χ0n) is 5.37. The quantitative estimate of drug-likeness (QED) is 0.361. The number of benzene rings is 1. The maximum absolute atomic E-state index is 5.85. The molecule has 1 rings (SSSR count). The zero-order valence-corrected chi connectivity index (χ0v) is 11.5. The van der Waals surface area contributed by atoms with Crippen LogP contribution in [0.1, 0.15) is 5.56 Å². The van der Waals surface area contributed by atoms with Crippen LogP contribution in [0.2, 0.25) is 5.02 Å². The summed E-state index contributed by atoms with van der Waals surface area (Å²) < 4.78 is 2.27. The molecule has 0 spiro atoms. The van der Waals surface area contributed by atoms with Gasteiger partial charge in [0.1, 0.15) is 0 Å². The van der Waals surface area contributed by atoms with Gasteiger partial charge >= 0.3 is 0 Å². The van der Waals surface area contributed by atoms with Gasteiger partial charge in [-0.1, -0.05) is 27.5 Å². The third kappa shape index (κ3) is 2.57. The number of alkyl halides is 1. The third-order valence-electron chi connectivity index (χ3n) is 1.21.